The number of rotatable bonds is 8. The second kappa shape index (κ2) is 8.76. The number of halogens is 1. The lowest BCUT2D eigenvalue weighted by atomic mass is 10.2. The Morgan fingerprint density at radius 2 is 2.21 bits per heavy atom. The van der Waals surface area contributed by atoms with Crippen LogP contribution >= 0.6 is 11.6 Å². The molecule has 0 aliphatic carbocycles. The number of aliphatic hydroxyl groups excluding tert-OH is 1. The van der Waals surface area contributed by atoms with Crippen molar-refractivity contribution in [3.63, 3.8) is 0 Å². The van der Waals surface area contributed by atoms with E-state index >= 15 is 0 Å². The van der Waals surface area contributed by atoms with E-state index in [4.69, 9.17) is 26.3 Å². The van der Waals surface area contributed by atoms with E-state index < -0.39 is 6.10 Å². The molecule has 1 N–H and O–H groups in total. The average molecular weight is 284 g/mol. The number of unbranched alkanes of at least 4 members (excludes halogenated alkanes) is 1. The highest BCUT2D eigenvalue weighted by atomic mass is 35.5. The van der Waals surface area contributed by atoms with Crippen molar-refractivity contribution in [2.75, 3.05) is 19.8 Å². The first-order chi connectivity index (χ1) is 9.17. The molecule has 4 nitrogen and oxygen atoms in total. The fourth-order valence-electron chi connectivity index (χ4n) is 1.39. The van der Waals surface area contributed by atoms with Crippen molar-refractivity contribution < 1.29 is 14.6 Å². The van der Waals surface area contributed by atoms with Gasteiger partial charge in [0.1, 0.15) is 18.5 Å². The first kappa shape index (κ1) is 15.8. The lowest BCUT2D eigenvalue weighted by molar-refractivity contribution is 0.0113. The van der Waals surface area contributed by atoms with Crippen LogP contribution in [-0.4, -0.2) is 31.0 Å². The number of benzene rings is 1. The summed E-state index contributed by atoms with van der Waals surface area (Å²) in [4.78, 5) is 0. The quantitative estimate of drug-likeness (QED) is 0.745. The van der Waals surface area contributed by atoms with Gasteiger partial charge in [0.25, 0.3) is 0 Å². The van der Waals surface area contributed by atoms with Gasteiger partial charge in [-0.1, -0.05) is 24.9 Å². The van der Waals surface area contributed by atoms with Crippen LogP contribution in [0, 0.1) is 11.3 Å². The third-order valence-corrected chi connectivity index (χ3v) is 2.74. The smallest absolute Gasteiger partial charge is 0.138 e. The third-order valence-electron chi connectivity index (χ3n) is 2.44. The van der Waals surface area contributed by atoms with Crippen molar-refractivity contribution in [3.8, 4) is 11.8 Å². The van der Waals surface area contributed by atoms with Crippen LogP contribution in [0.1, 0.15) is 25.3 Å². The molecule has 0 saturated heterocycles. The Bertz CT molecular complexity index is 431. The largest absolute Gasteiger partial charge is 0.489 e. The van der Waals surface area contributed by atoms with Crippen molar-refractivity contribution in [2.45, 2.75) is 25.9 Å². The minimum Gasteiger partial charge on any atom is -0.489 e. The molecule has 5 heteroatoms. The normalized spacial score (nSPS) is 11.9. The number of ether oxygens (including phenoxy) is 2. The molecule has 0 spiro atoms. The van der Waals surface area contributed by atoms with E-state index in [1.165, 1.54) is 6.07 Å². The molecule has 104 valence electrons. The summed E-state index contributed by atoms with van der Waals surface area (Å²) in [5, 5.41) is 18.7. The Balaban J connectivity index is 2.34. The average Bonchev–Trinajstić information content (AvgIpc) is 2.42. The van der Waals surface area contributed by atoms with Crippen LogP contribution in [0.5, 0.6) is 5.75 Å². The lowest BCUT2D eigenvalue weighted by Gasteiger charge is -2.13. The van der Waals surface area contributed by atoms with Gasteiger partial charge in [0.05, 0.1) is 23.3 Å². The third kappa shape index (κ3) is 5.93. The van der Waals surface area contributed by atoms with Crippen LogP contribution in [0.4, 0.5) is 0 Å². The van der Waals surface area contributed by atoms with Gasteiger partial charge in [-0.3, -0.25) is 0 Å². The second-order valence-corrected chi connectivity index (χ2v) is 4.56. The fraction of sp³-hybridized carbons (Fsp3) is 0.500. The summed E-state index contributed by atoms with van der Waals surface area (Å²) in [5.74, 6) is 0.452. The van der Waals surface area contributed by atoms with Crippen LogP contribution in [0.3, 0.4) is 0 Å². The van der Waals surface area contributed by atoms with Gasteiger partial charge < -0.3 is 14.6 Å². The molecule has 0 aliphatic heterocycles. The van der Waals surface area contributed by atoms with Gasteiger partial charge in [-0.15, -0.1) is 0 Å². The van der Waals surface area contributed by atoms with Gasteiger partial charge in [-0.25, -0.2) is 0 Å². The molecule has 0 amide bonds. The van der Waals surface area contributed by atoms with Crippen LogP contribution in [-0.2, 0) is 4.74 Å². The highest BCUT2D eigenvalue weighted by Gasteiger charge is 2.08. The van der Waals surface area contributed by atoms with Crippen LogP contribution in [0.15, 0.2) is 18.2 Å². The number of hydrogen-bond donors (Lipinski definition) is 1. The summed E-state index contributed by atoms with van der Waals surface area (Å²) in [5.41, 5.74) is 0.473. The summed E-state index contributed by atoms with van der Waals surface area (Å²) in [6.45, 7) is 3.08. The standard InChI is InChI=1S/C14H18ClNO3/c1-2-3-6-18-9-12(17)10-19-14-5-4-11(8-16)7-13(14)15/h4-5,7,12,17H,2-3,6,9-10H2,1H3. The Morgan fingerprint density at radius 1 is 1.42 bits per heavy atom. The minimum atomic E-state index is -0.691. The highest BCUT2D eigenvalue weighted by Crippen LogP contribution is 2.25. The first-order valence-electron chi connectivity index (χ1n) is 6.25. The van der Waals surface area contributed by atoms with Crippen LogP contribution in [0.25, 0.3) is 0 Å². The van der Waals surface area contributed by atoms with Crippen molar-refractivity contribution in [1.29, 1.82) is 5.26 Å². The summed E-state index contributed by atoms with van der Waals surface area (Å²) in [7, 11) is 0. The molecule has 19 heavy (non-hydrogen) atoms. The van der Waals surface area contributed by atoms with Gasteiger partial charge >= 0.3 is 0 Å². The summed E-state index contributed by atoms with van der Waals surface area (Å²) < 4.78 is 10.7. The molecule has 0 radical (unpaired) electrons. The zero-order valence-electron chi connectivity index (χ0n) is 10.9. The van der Waals surface area contributed by atoms with E-state index in [0.29, 0.717) is 22.9 Å². The van der Waals surface area contributed by atoms with E-state index in [9.17, 15) is 5.11 Å². The number of aliphatic hydroxyl groups is 1. The Kier molecular flexibility index (Phi) is 7.27. The molecule has 1 unspecified atom stereocenters. The van der Waals surface area contributed by atoms with Crippen molar-refractivity contribution in [1.82, 2.24) is 0 Å². The molecule has 1 aromatic carbocycles. The molecule has 0 aromatic heterocycles. The van der Waals surface area contributed by atoms with E-state index in [0.717, 1.165) is 12.8 Å². The van der Waals surface area contributed by atoms with Gasteiger partial charge in [0, 0.05) is 6.61 Å². The minimum absolute atomic E-state index is 0.109. The zero-order chi connectivity index (χ0) is 14.1. The predicted octanol–water partition coefficient (Wildman–Crippen LogP) is 2.77. The van der Waals surface area contributed by atoms with Gasteiger partial charge in [-0.05, 0) is 24.6 Å². The van der Waals surface area contributed by atoms with Crippen LogP contribution < -0.4 is 4.74 Å². The second-order valence-electron chi connectivity index (χ2n) is 4.15. The Labute approximate surface area is 118 Å². The van der Waals surface area contributed by atoms with Crippen molar-refractivity contribution >= 4 is 11.6 Å². The van der Waals surface area contributed by atoms with E-state index in [-0.39, 0.29) is 13.2 Å². The molecule has 1 rings (SSSR count). The zero-order valence-corrected chi connectivity index (χ0v) is 11.7. The van der Waals surface area contributed by atoms with Gasteiger partial charge in [0.15, 0.2) is 0 Å². The van der Waals surface area contributed by atoms with Crippen molar-refractivity contribution in [3.05, 3.63) is 28.8 Å². The number of nitrogens with zero attached hydrogens (tertiary/aromatic N) is 1. The monoisotopic (exact) mass is 283 g/mol. The summed E-state index contributed by atoms with van der Waals surface area (Å²) in [6.07, 6.45) is 1.35. The maximum absolute atomic E-state index is 9.66. The molecular formula is C14H18ClNO3. The van der Waals surface area contributed by atoms with Crippen LogP contribution in [0.2, 0.25) is 5.02 Å². The molecule has 0 aliphatic rings. The maximum atomic E-state index is 9.66. The lowest BCUT2D eigenvalue weighted by Crippen LogP contribution is -2.23. The van der Waals surface area contributed by atoms with Gasteiger partial charge in [0.2, 0.25) is 0 Å². The fourth-order valence-corrected chi connectivity index (χ4v) is 1.62. The summed E-state index contributed by atoms with van der Waals surface area (Å²) in [6, 6.07) is 6.75. The SMILES string of the molecule is CCCCOCC(O)COc1ccc(C#N)cc1Cl. The van der Waals surface area contributed by atoms with E-state index in [1.807, 2.05) is 6.07 Å². The van der Waals surface area contributed by atoms with E-state index in [2.05, 4.69) is 6.92 Å². The van der Waals surface area contributed by atoms with Gasteiger partial charge in [-0.2, -0.15) is 5.26 Å². The molecule has 0 saturated carbocycles. The Hall–Kier alpha value is -1.28. The number of nitriles is 1. The molecule has 1 aromatic rings. The molecule has 0 heterocycles. The number of hydrogen-bond acceptors (Lipinski definition) is 4. The molecule has 0 bridgehead atoms. The first-order valence-corrected chi connectivity index (χ1v) is 6.63. The maximum Gasteiger partial charge on any atom is 0.138 e. The summed E-state index contributed by atoms with van der Waals surface area (Å²) >= 11 is 5.95. The molecular weight excluding hydrogens is 266 g/mol. The molecule has 1 atom stereocenters. The van der Waals surface area contributed by atoms with Crippen molar-refractivity contribution in [2.24, 2.45) is 0 Å². The predicted molar refractivity (Wildman–Crippen MR) is 73.4 cm³/mol. The molecule has 0 fully saturated rings. The Morgan fingerprint density at radius 3 is 2.84 bits per heavy atom. The topological polar surface area (TPSA) is 62.5 Å². The highest BCUT2D eigenvalue weighted by molar-refractivity contribution is 6.32. The van der Waals surface area contributed by atoms with E-state index in [1.54, 1.807) is 12.1 Å².